The van der Waals surface area contributed by atoms with Gasteiger partial charge in [0.1, 0.15) is 0 Å². The van der Waals surface area contributed by atoms with Crippen molar-refractivity contribution in [3.8, 4) is 0 Å². The maximum Gasteiger partial charge on any atom is 0.153 e. The van der Waals surface area contributed by atoms with Crippen molar-refractivity contribution < 1.29 is 8.42 Å². The fourth-order valence-corrected chi connectivity index (χ4v) is 4.07. The highest BCUT2D eigenvalue weighted by molar-refractivity contribution is 9.10. The Balaban J connectivity index is 2.19. The Morgan fingerprint density at radius 2 is 1.88 bits per heavy atom. The number of hydrogen-bond donors (Lipinski definition) is 0. The van der Waals surface area contributed by atoms with E-state index in [0.29, 0.717) is 13.1 Å². The molecule has 1 saturated heterocycles. The van der Waals surface area contributed by atoms with Gasteiger partial charge in [-0.25, -0.2) is 8.42 Å². The number of alkyl halides is 1. The Labute approximate surface area is 118 Å². The van der Waals surface area contributed by atoms with Gasteiger partial charge >= 0.3 is 0 Å². The van der Waals surface area contributed by atoms with Crippen molar-refractivity contribution in [1.82, 2.24) is 0 Å². The van der Waals surface area contributed by atoms with Crippen molar-refractivity contribution in [3.63, 3.8) is 0 Å². The molecule has 2 rings (SSSR count). The van der Waals surface area contributed by atoms with Crippen LogP contribution in [-0.4, -0.2) is 33.0 Å². The highest BCUT2D eigenvalue weighted by Crippen LogP contribution is 2.29. The lowest BCUT2D eigenvalue weighted by atomic mass is 10.2. The molecule has 1 fully saturated rings. The third-order valence-corrected chi connectivity index (χ3v) is 5.74. The highest BCUT2D eigenvalue weighted by Gasteiger charge is 2.22. The number of hydrogen-bond acceptors (Lipinski definition) is 3. The Morgan fingerprint density at radius 1 is 1.24 bits per heavy atom. The molecule has 0 unspecified atom stereocenters. The molecule has 0 radical (unpaired) electrons. The van der Waals surface area contributed by atoms with Gasteiger partial charge in [-0.1, -0.05) is 22.0 Å². The number of nitrogens with zero attached hydrogens (tertiary/aromatic N) is 1. The largest absolute Gasteiger partial charge is 0.369 e. The molecule has 0 aliphatic carbocycles. The Bertz CT molecular complexity index is 502. The molecule has 0 amide bonds. The van der Waals surface area contributed by atoms with Gasteiger partial charge < -0.3 is 4.90 Å². The molecule has 3 nitrogen and oxygen atoms in total. The summed E-state index contributed by atoms with van der Waals surface area (Å²) in [6.07, 6.45) is 0. The van der Waals surface area contributed by atoms with E-state index in [4.69, 9.17) is 0 Å². The summed E-state index contributed by atoms with van der Waals surface area (Å²) in [5.41, 5.74) is 2.27. The van der Waals surface area contributed by atoms with E-state index in [0.717, 1.165) is 15.5 Å². The second kappa shape index (κ2) is 5.28. The highest BCUT2D eigenvalue weighted by atomic mass is 79.9. The first kappa shape index (κ1) is 13.4. The summed E-state index contributed by atoms with van der Waals surface area (Å²) in [6.45, 7) is 1.16. The van der Waals surface area contributed by atoms with Crippen LogP contribution in [0.2, 0.25) is 0 Å². The molecule has 0 saturated carbocycles. The van der Waals surface area contributed by atoms with Crippen molar-refractivity contribution in [2.45, 2.75) is 5.33 Å². The second-order valence-electron chi connectivity index (χ2n) is 4.06. The van der Waals surface area contributed by atoms with Gasteiger partial charge in [-0.3, -0.25) is 0 Å². The average molecular weight is 383 g/mol. The molecule has 0 N–H and O–H groups in total. The fourth-order valence-electron chi connectivity index (χ4n) is 1.84. The number of rotatable bonds is 2. The molecular weight excluding hydrogens is 370 g/mol. The Morgan fingerprint density at radius 3 is 2.41 bits per heavy atom. The normalized spacial score (nSPS) is 19.3. The molecule has 94 valence electrons. The van der Waals surface area contributed by atoms with Gasteiger partial charge in [-0.15, -0.1) is 0 Å². The number of halogens is 2. The van der Waals surface area contributed by atoms with Crippen LogP contribution in [0.25, 0.3) is 0 Å². The zero-order chi connectivity index (χ0) is 12.5. The molecule has 0 bridgehead atoms. The number of benzene rings is 1. The van der Waals surface area contributed by atoms with E-state index in [1.165, 1.54) is 5.56 Å². The van der Waals surface area contributed by atoms with Gasteiger partial charge in [0.25, 0.3) is 0 Å². The summed E-state index contributed by atoms with van der Waals surface area (Å²) < 4.78 is 23.8. The molecule has 0 aromatic heterocycles. The quantitative estimate of drug-likeness (QED) is 0.737. The van der Waals surface area contributed by atoms with Crippen LogP contribution < -0.4 is 4.90 Å². The summed E-state index contributed by atoms with van der Waals surface area (Å²) in [5, 5.41) is 0.820. The summed E-state index contributed by atoms with van der Waals surface area (Å²) >= 11 is 6.95. The van der Waals surface area contributed by atoms with Gasteiger partial charge in [-0.05, 0) is 33.6 Å². The van der Waals surface area contributed by atoms with Crippen LogP contribution >= 0.6 is 31.9 Å². The predicted octanol–water partition coefficient (Wildman–Crippen LogP) is 2.58. The van der Waals surface area contributed by atoms with Crippen molar-refractivity contribution >= 4 is 47.4 Å². The van der Waals surface area contributed by atoms with Crippen LogP contribution in [-0.2, 0) is 15.2 Å². The number of anilines is 1. The molecule has 1 heterocycles. The minimum atomic E-state index is -2.81. The maximum atomic E-state index is 11.4. The van der Waals surface area contributed by atoms with Crippen LogP contribution in [0.3, 0.4) is 0 Å². The minimum Gasteiger partial charge on any atom is -0.369 e. The van der Waals surface area contributed by atoms with E-state index >= 15 is 0 Å². The van der Waals surface area contributed by atoms with E-state index in [2.05, 4.69) is 48.9 Å². The first-order valence-electron chi connectivity index (χ1n) is 5.31. The molecule has 1 aromatic carbocycles. The van der Waals surface area contributed by atoms with Crippen molar-refractivity contribution in [2.75, 3.05) is 29.5 Å². The summed E-state index contributed by atoms with van der Waals surface area (Å²) in [7, 11) is -2.81. The standard InChI is InChI=1S/C11H13Br2NO2S/c12-8-9-1-2-11(10(13)7-9)14-3-5-17(15,16)6-4-14/h1-2,7H,3-6,8H2. The van der Waals surface area contributed by atoms with Crippen LogP contribution in [0.4, 0.5) is 5.69 Å². The maximum absolute atomic E-state index is 11.4. The molecule has 17 heavy (non-hydrogen) atoms. The molecule has 1 aromatic rings. The average Bonchev–Trinajstić information content (AvgIpc) is 2.29. The van der Waals surface area contributed by atoms with Crippen LogP contribution in [0, 0.1) is 0 Å². The van der Waals surface area contributed by atoms with E-state index in [1.54, 1.807) is 0 Å². The first-order valence-corrected chi connectivity index (χ1v) is 9.05. The first-order chi connectivity index (χ1) is 8.02. The minimum absolute atomic E-state index is 0.250. The van der Waals surface area contributed by atoms with Gasteiger partial charge in [0.2, 0.25) is 0 Å². The predicted molar refractivity (Wildman–Crippen MR) is 77.6 cm³/mol. The molecule has 6 heteroatoms. The summed E-state index contributed by atoms with van der Waals surface area (Å²) in [6, 6.07) is 6.16. The van der Waals surface area contributed by atoms with Gasteiger partial charge in [-0.2, -0.15) is 0 Å². The van der Waals surface area contributed by atoms with Crippen molar-refractivity contribution in [2.24, 2.45) is 0 Å². The molecule has 1 aliphatic rings. The van der Waals surface area contributed by atoms with E-state index in [9.17, 15) is 8.42 Å². The monoisotopic (exact) mass is 381 g/mol. The Hall–Kier alpha value is -0.0700. The summed E-state index contributed by atoms with van der Waals surface area (Å²) in [5.74, 6) is 0.499. The van der Waals surface area contributed by atoms with Crippen molar-refractivity contribution in [1.29, 1.82) is 0 Å². The molecule has 0 spiro atoms. The third kappa shape index (κ3) is 3.23. The lowest BCUT2D eigenvalue weighted by Gasteiger charge is -2.29. The van der Waals surface area contributed by atoms with E-state index in [-0.39, 0.29) is 11.5 Å². The molecule has 1 aliphatic heterocycles. The topological polar surface area (TPSA) is 37.4 Å². The van der Waals surface area contributed by atoms with Crippen LogP contribution in [0.1, 0.15) is 5.56 Å². The molecule has 0 atom stereocenters. The molecular formula is C11H13Br2NO2S. The van der Waals surface area contributed by atoms with E-state index in [1.807, 2.05) is 6.07 Å². The number of sulfone groups is 1. The SMILES string of the molecule is O=S1(=O)CCN(c2ccc(CBr)cc2Br)CC1. The van der Waals surface area contributed by atoms with Crippen LogP contribution in [0.15, 0.2) is 22.7 Å². The zero-order valence-electron chi connectivity index (χ0n) is 9.20. The van der Waals surface area contributed by atoms with Crippen LogP contribution in [0.5, 0.6) is 0 Å². The summed E-state index contributed by atoms with van der Waals surface area (Å²) in [4.78, 5) is 2.11. The Kier molecular flexibility index (Phi) is 4.15. The third-order valence-electron chi connectivity index (χ3n) is 2.85. The van der Waals surface area contributed by atoms with Gasteiger partial charge in [0.05, 0.1) is 17.2 Å². The lowest BCUT2D eigenvalue weighted by molar-refractivity contribution is 0.586. The second-order valence-corrected chi connectivity index (χ2v) is 7.78. The van der Waals surface area contributed by atoms with Gasteiger partial charge in [0, 0.05) is 22.9 Å². The van der Waals surface area contributed by atoms with E-state index < -0.39 is 9.84 Å². The fraction of sp³-hybridized carbons (Fsp3) is 0.455. The lowest BCUT2D eigenvalue weighted by Crippen LogP contribution is -2.40. The zero-order valence-corrected chi connectivity index (χ0v) is 13.2. The smallest absolute Gasteiger partial charge is 0.153 e. The van der Waals surface area contributed by atoms with Crippen molar-refractivity contribution in [3.05, 3.63) is 28.2 Å². The van der Waals surface area contributed by atoms with Gasteiger partial charge in [0.15, 0.2) is 9.84 Å².